The Bertz CT molecular complexity index is 821. The summed E-state index contributed by atoms with van der Waals surface area (Å²) in [6, 6.07) is 3.67. The summed E-state index contributed by atoms with van der Waals surface area (Å²) in [4.78, 5) is 38.7. The van der Waals surface area contributed by atoms with Crippen LogP contribution in [0.2, 0.25) is 5.02 Å². The molecule has 24 heavy (non-hydrogen) atoms. The highest BCUT2D eigenvalue weighted by atomic mass is 35.5. The maximum atomic E-state index is 12.3. The lowest BCUT2D eigenvalue weighted by Gasteiger charge is -2.03. The second-order valence-corrected chi connectivity index (χ2v) is 5.96. The average Bonchev–Trinajstić information content (AvgIpc) is 2.87. The zero-order chi connectivity index (χ0) is 17.9. The van der Waals surface area contributed by atoms with Gasteiger partial charge < -0.3 is 4.74 Å². The Morgan fingerprint density at radius 2 is 2.17 bits per heavy atom. The molecule has 0 saturated carbocycles. The lowest BCUT2D eigenvalue weighted by atomic mass is 10.1. The first-order valence-corrected chi connectivity index (χ1v) is 7.92. The summed E-state index contributed by atoms with van der Waals surface area (Å²) in [7, 11) is 0. The first kappa shape index (κ1) is 17.8. The maximum Gasteiger partial charge on any atom is 0.350 e. The van der Waals surface area contributed by atoms with Crippen LogP contribution >= 0.6 is 22.9 Å². The summed E-state index contributed by atoms with van der Waals surface area (Å²) in [6.45, 7) is 3.49. The van der Waals surface area contributed by atoms with E-state index >= 15 is 0 Å². The van der Waals surface area contributed by atoms with Crippen LogP contribution in [0.1, 0.15) is 32.6 Å². The number of nitro groups is 1. The van der Waals surface area contributed by atoms with Gasteiger partial charge in [0.1, 0.15) is 10.4 Å². The van der Waals surface area contributed by atoms with Crippen LogP contribution in [0.25, 0.3) is 0 Å². The van der Waals surface area contributed by atoms with Crippen LogP contribution in [-0.2, 0) is 4.74 Å². The van der Waals surface area contributed by atoms with Gasteiger partial charge in [0.2, 0.25) is 0 Å². The SMILES string of the molecule is CCOC(=O)c1sc(NC(=O)c2cc(Cl)ccc2[N+](=O)[O-])nc1C. The molecule has 1 amide bonds. The summed E-state index contributed by atoms with van der Waals surface area (Å²) in [5.74, 6) is -1.28. The zero-order valence-electron chi connectivity index (χ0n) is 12.7. The highest BCUT2D eigenvalue weighted by Gasteiger charge is 2.23. The fraction of sp³-hybridized carbons (Fsp3) is 0.214. The first-order valence-electron chi connectivity index (χ1n) is 6.73. The van der Waals surface area contributed by atoms with Gasteiger partial charge in [0, 0.05) is 11.1 Å². The molecule has 1 heterocycles. The van der Waals surface area contributed by atoms with Crippen molar-refractivity contribution >= 4 is 45.6 Å². The third-order valence-corrected chi connectivity index (χ3v) is 4.17. The number of nitro benzene ring substituents is 1. The number of halogens is 1. The number of hydrogen-bond donors (Lipinski definition) is 1. The molecule has 0 atom stereocenters. The number of ether oxygens (including phenoxy) is 1. The van der Waals surface area contributed by atoms with E-state index in [1.54, 1.807) is 13.8 Å². The van der Waals surface area contributed by atoms with Gasteiger partial charge in [-0.2, -0.15) is 0 Å². The molecule has 0 fully saturated rings. The number of thiazole rings is 1. The van der Waals surface area contributed by atoms with Gasteiger partial charge in [0.25, 0.3) is 11.6 Å². The van der Waals surface area contributed by atoms with Gasteiger partial charge in [-0.1, -0.05) is 22.9 Å². The number of hydrogen-bond acceptors (Lipinski definition) is 7. The van der Waals surface area contributed by atoms with Gasteiger partial charge in [-0.3, -0.25) is 20.2 Å². The van der Waals surface area contributed by atoms with Gasteiger partial charge in [-0.15, -0.1) is 0 Å². The molecule has 0 aliphatic rings. The van der Waals surface area contributed by atoms with Crippen LogP contribution in [0.4, 0.5) is 10.8 Å². The van der Waals surface area contributed by atoms with E-state index in [-0.39, 0.29) is 32.9 Å². The number of nitrogens with zero attached hydrogens (tertiary/aromatic N) is 2. The summed E-state index contributed by atoms with van der Waals surface area (Å²) in [6.07, 6.45) is 0. The standard InChI is InChI=1S/C14H12ClN3O5S/c1-3-23-13(20)11-7(2)16-14(24-11)17-12(19)9-6-8(15)4-5-10(9)18(21)22/h4-6H,3H2,1-2H3,(H,16,17,19). The normalized spacial score (nSPS) is 10.3. The van der Waals surface area contributed by atoms with Crippen LogP contribution in [-0.4, -0.2) is 28.4 Å². The molecule has 8 nitrogen and oxygen atoms in total. The van der Waals surface area contributed by atoms with Crippen LogP contribution in [0.15, 0.2) is 18.2 Å². The van der Waals surface area contributed by atoms with Crippen molar-refractivity contribution in [2.75, 3.05) is 11.9 Å². The Kier molecular flexibility index (Phi) is 5.47. The minimum atomic E-state index is -0.742. The molecule has 0 spiro atoms. The molecule has 1 aromatic carbocycles. The molecule has 10 heteroatoms. The molecular weight excluding hydrogens is 358 g/mol. The second kappa shape index (κ2) is 7.37. The van der Waals surface area contributed by atoms with Crippen molar-refractivity contribution in [2.45, 2.75) is 13.8 Å². The Balaban J connectivity index is 2.28. The lowest BCUT2D eigenvalue weighted by Crippen LogP contribution is -2.13. The molecule has 2 rings (SSSR count). The quantitative estimate of drug-likeness (QED) is 0.491. The number of anilines is 1. The van der Waals surface area contributed by atoms with Crippen LogP contribution in [0.3, 0.4) is 0 Å². The average molecular weight is 370 g/mol. The Morgan fingerprint density at radius 3 is 2.79 bits per heavy atom. The number of aromatic nitrogens is 1. The largest absolute Gasteiger partial charge is 0.462 e. The number of esters is 1. The van der Waals surface area contributed by atoms with E-state index in [1.807, 2.05) is 0 Å². The third-order valence-electron chi connectivity index (χ3n) is 2.88. The van der Waals surface area contributed by atoms with Gasteiger partial charge in [0.15, 0.2) is 5.13 Å². The highest BCUT2D eigenvalue weighted by molar-refractivity contribution is 7.17. The predicted molar refractivity (Wildman–Crippen MR) is 88.9 cm³/mol. The molecule has 126 valence electrons. The number of rotatable bonds is 5. The molecule has 2 aromatic rings. The first-order chi connectivity index (χ1) is 11.3. The van der Waals surface area contributed by atoms with Crippen molar-refractivity contribution < 1.29 is 19.2 Å². The zero-order valence-corrected chi connectivity index (χ0v) is 14.2. The van der Waals surface area contributed by atoms with Gasteiger partial charge in [0.05, 0.1) is 17.2 Å². The maximum absolute atomic E-state index is 12.3. The van der Waals surface area contributed by atoms with E-state index in [0.717, 1.165) is 17.4 Å². The molecule has 1 aromatic heterocycles. The molecule has 0 saturated heterocycles. The molecule has 0 aliphatic heterocycles. The molecule has 0 unspecified atom stereocenters. The summed E-state index contributed by atoms with van der Waals surface area (Å²) in [5.41, 5.74) is -0.178. The fourth-order valence-corrected chi connectivity index (χ4v) is 2.88. The molecule has 0 aliphatic carbocycles. The van der Waals surface area contributed by atoms with Gasteiger partial charge in [-0.25, -0.2) is 9.78 Å². The smallest absolute Gasteiger partial charge is 0.350 e. The Labute approximate surface area is 145 Å². The minimum absolute atomic E-state index is 0.134. The van der Waals surface area contributed by atoms with E-state index in [1.165, 1.54) is 12.1 Å². The van der Waals surface area contributed by atoms with Crippen molar-refractivity contribution in [1.29, 1.82) is 0 Å². The number of nitrogens with one attached hydrogen (secondary N) is 1. The Morgan fingerprint density at radius 1 is 1.46 bits per heavy atom. The van der Waals surface area contributed by atoms with Crippen molar-refractivity contribution in [2.24, 2.45) is 0 Å². The van der Waals surface area contributed by atoms with E-state index < -0.39 is 16.8 Å². The van der Waals surface area contributed by atoms with Crippen LogP contribution < -0.4 is 5.32 Å². The number of benzene rings is 1. The summed E-state index contributed by atoms with van der Waals surface area (Å²) >= 11 is 6.73. The predicted octanol–water partition coefficient (Wildman–Crippen LogP) is 3.44. The summed E-state index contributed by atoms with van der Waals surface area (Å²) < 4.78 is 4.89. The molecule has 0 bridgehead atoms. The number of carbonyl (C=O) groups excluding carboxylic acids is 2. The topological polar surface area (TPSA) is 111 Å². The van der Waals surface area contributed by atoms with Crippen molar-refractivity contribution in [3.05, 3.63) is 49.5 Å². The van der Waals surface area contributed by atoms with E-state index in [4.69, 9.17) is 16.3 Å². The second-order valence-electron chi connectivity index (χ2n) is 4.53. The minimum Gasteiger partial charge on any atom is -0.462 e. The highest BCUT2D eigenvalue weighted by Crippen LogP contribution is 2.27. The van der Waals surface area contributed by atoms with E-state index in [9.17, 15) is 19.7 Å². The van der Waals surface area contributed by atoms with Crippen LogP contribution in [0.5, 0.6) is 0 Å². The fourth-order valence-electron chi connectivity index (χ4n) is 1.85. The number of aryl methyl sites for hydroxylation is 1. The molecule has 0 radical (unpaired) electrons. The Hall–Kier alpha value is -2.52. The molecule has 1 N–H and O–H groups in total. The monoisotopic (exact) mass is 369 g/mol. The van der Waals surface area contributed by atoms with Gasteiger partial charge >= 0.3 is 5.97 Å². The number of amides is 1. The van der Waals surface area contributed by atoms with Crippen molar-refractivity contribution in [1.82, 2.24) is 4.98 Å². The summed E-state index contributed by atoms with van der Waals surface area (Å²) in [5, 5.41) is 13.8. The van der Waals surface area contributed by atoms with Crippen molar-refractivity contribution in [3.8, 4) is 0 Å². The van der Waals surface area contributed by atoms with E-state index in [0.29, 0.717) is 5.69 Å². The van der Waals surface area contributed by atoms with E-state index in [2.05, 4.69) is 10.3 Å². The third kappa shape index (κ3) is 3.87. The molecular formula is C14H12ClN3O5S. The number of carbonyl (C=O) groups is 2. The van der Waals surface area contributed by atoms with Gasteiger partial charge in [-0.05, 0) is 26.0 Å². The van der Waals surface area contributed by atoms with Crippen LogP contribution in [0, 0.1) is 17.0 Å². The lowest BCUT2D eigenvalue weighted by molar-refractivity contribution is -0.385. The van der Waals surface area contributed by atoms with Crippen molar-refractivity contribution in [3.63, 3.8) is 0 Å².